The van der Waals surface area contributed by atoms with Gasteiger partial charge in [-0.25, -0.2) is 4.98 Å². The topological polar surface area (TPSA) is 61.7 Å². The number of piperazine rings is 1. The average molecular weight is 438 g/mol. The van der Waals surface area contributed by atoms with Gasteiger partial charge in [0.1, 0.15) is 11.5 Å². The highest BCUT2D eigenvalue weighted by Gasteiger charge is 2.33. The van der Waals surface area contributed by atoms with E-state index in [0.717, 1.165) is 48.5 Å². The van der Waals surface area contributed by atoms with Crippen LogP contribution in [0.2, 0.25) is 0 Å². The molecule has 0 bridgehead atoms. The maximum Gasteiger partial charge on any atom is 0.270 e. The zero-order valence-corrected chi connectivity index (χ0v) is 18.6. The van der Waals surface area contributed by atoms with Crippen LogP contribution >= 0.6 is 11.3 Å². The molecule has 7 nitrogen and oxygen atoms in total. The number of hydrogen-bond acceptors (Lipinski definition) is 5. The third-order valence-electron chi connectivity index (χ3n) is 6.51. The number of anilines is 1. The van der Waals surface area contributed by atoms with E-state index in [4.69, 9.17) is 0 Å². The number of pyridine rings is 1. The molecule has 0 saturated carbocycles. The lowest BCUT2D eigenvalue weighted by Gasteiger charge is -2.39. The van der Waals surface area contributed by atoms with Crippen molar-refractivity contribution in [3.8, 4) is 0 Å². The van der Waals surface area contributed by atoms with Crippen LogP contribution < -0.4 is 4.90 Å². The number of piperidine rings is 1. The van der Waals surface area contributed by atoms with Crippen LogP contribution in [0.1, 0.15) is 23.3 Å². The monoisotopic (exact) mass is 437 g/mol. The first-order valence-corrected chi connectivity index (χ1v) is 11.8. The minimum Gasteiger partial charge on any atom is -0.353 e. The first-order valence-electron chi connectivity index (χ1n) is 10.9. The van der Waals surface area contributed by atoms with Crippen LogP contribution in [0.15, 0.2) is 41.9 Å². The summed E-state index contributed by atoms with van der Waals surface area (Å²) in [4.78, 5) is 36.9. The molecule has 5 rings (SSSR count). The Labute approximate surface area is 185 Å². The number of aryl methyl sites for hydroxylation is 1. The van der Waals surface area contributed by atoms with E-state index in [1.165, 1.54) is 0 Å². The van der Waals surface area contributed by atoms with E-state index in [-0.39, 0.29) is 17.7 Å². The van der Waals surface area contributed by atoms with Gasteiger partial charge < -0.3 is 19.3 Å². The molecule has 31 heavy (non-hydrogen) atoms. The van der Waals surface area contributed by atoms with Gasteiger partial charge in [-0.15, -0.1) is 11.3 Å². The second-order valence-electron chi connectivity index (χ2n) is 8.35. The summed E-state index contributed by atoms with van der Waals surface area (Å²) < 4.78 is 3.09. The lowest BCUT2D eigenvalue weighted by Crippen LogP contribution is -2.53. The molecule has 0 N–H and O–H groups in total. The van der Waals surface area contributed by atoms with Gasteiger partial charge in [0.25, 0.3) is 5.91 Å². The molecule has 0 aliphatic carbocycles. The number of fused-ring (bicyclic) bond motifs is 1. The Morgan fingerprint density at radius 3 is 2.65 bits per heavy atom. The van der Waals surface area contributed by atoms with Gasteiger partial charge in [-0.05, 0) is 42.5 Å². The van der Waals surface area contributed by atoms with Crippen molar-refractivity contribution in [1.82, 2.24) is 19.4 Å². The van der Waals surface area contributed by atoms with E-state index in [1.54, 1.807) is 17.5 Å². The van der Waals surface area contributed by atoms with Crippen molar-refractivity contribution in [3.05, 3.63) is 47.6 Å². The van der Waals surface area contributed by atoms with Crippen LogP contribution in [0.25, 0.3) is 10.2 Å². The van der Waals surface area contributed by atoms with Crippen molar-refractivity contribution >= 4 is 39.2 Å². The molecule has 0 aromatic carbocycles. The first kappa shape index (κ1) is 20.1. The molecule has 0 radical (unpaired) electrons. The maximum atomic E-state index is 13.2. The molecule has 8 heteroatoms. The van der Waals surface area contributed by atoms with Gasteiger partial charge >= 0.3 is 0 Å². The molecule has 0 unspecified atom stereocenters. The van der Waals surface area contributed by atoms with Gasteiger partial charge in [-0.1, -0.05) is 6.07 Å². The summed E-state index contributed by atoms with van der Waals surface area (Å²) in [6.07, 6.45) is 3.52. The lowest BCUT2D eigenvalue weighted by atomic mass is 9.96. The molecule has 1 atom stereocenters. The van der Waals surface area contributed by atoms with Crippen LogP contribution in [-0.2, 0) is 11.8 Å². The number of carbonyl (C=O) groups excluding carboxylic acids is 2. The van der Waals surface area contributed by atoms with E-state index in [1.807, 2.05) is 57.1 Å². The summed E-state index contributed by atoms with van der Waals surface area (Å²) in [6, 6.07) is 9.94. The molecule has 3 aromatic rings. The quantitative estimate of drug-likeness (QED) is 0.632. The number of nitrogens with zero attached hydrogens (tertiary/aromatic N) is 5. The predicted molar refractivity (Wildman–Crippen MR) is 122 cm³/mol. The zero-order valence-electron chi connectivity index (χ0n) is 17.7. The second-order valence-corrected chi connectivity index (χ2v) is 9.30. The molecular weight excluding hydrogens is 410 g/mol. The Morgan fingerprint density at radius 2 is 1.90 bits per heavy atom. The third kappa shape index (κ3) is 3.80. The van der Waals surface area contributed by atoms with Gasteiger partial charge in [0.05, 0.1) is 16.1 Å². The van der Waals surface area contributed by atoms with Crippen LogP contribution in [0.3, 0.4) is 0 Å². The molecule has 3 aromatic heterocycles. The number of hydrogen-bond donors (Lipinski definition) is 0. The van der Waals surface area contributed by atoms with Crippen molar-refractivity contribution in [3.63, 3.8) is 0 Å². The van der Waals surface area contributed by atoms with E-state index in [0.29, 0.717) is 25.3 Å². The maximum absolute atomic E-state index is 13.2. The smallest absolute Gasteiger partial charge is 0.270 e. The molecule has 2 aliphatic heterocycles. The summed E-state index contributed by atoms with van der Waals surface area (Å²) in [6.45, 7) is 4.21. The number of thiophene rings is 1. The van der Waals surface area contributed by atoms with Gasteiger partial charge in [-0.3, -0.25) is 9.59 Å². The first-order chi connectivity index (χ1) is 15.1. The third-order valence-corrected chi connectivity index (χ3v) is 7.36. The molecule has 162 valence electrons. The highest BCUT2D eigenvalue weighted by molar-refractivity contribution is 7.17. The summed E-state index contributed by atoms with van der Waals surface area (Å²) >= 11 is 1.65. The van der Waals surface area contributed by atoms with E-state index < -0.39 is 0 Å². The highest BCUT2D eigenvalue weighted by atomic mass is 32.1. The van der Waals surface area contributed by atoms with Gasteiger partial charge in [0.15, 0.2) is 0 Å². The number of rotatable bonds is 3. The SMILES string of the molecule is Cn1c(C(=O)N2CCC[C@H](C(=O)N3CCN(c4ccccn4)CC3)C2)cc2sccc21. The van der Waals surface area contributed by atoms with Gasteiger partial charge in [-0.2, -0.15) is 0 Å². The van der Waals surface area contributed by atoms with E-state index in [9.17, 15) is 9.59 Å². The molecule has 0 spiro atoms. The Balaban J connectivity index is 1.22. The fourth-order valence-corrected chi connectivity index (χ4v) is 5.58. The van der Waals surface area contributed by atoms with Crippen molar-refractivity contribution < 1.29 is 9.59 Å². The van der Waals surface area contributed by atoms with Crippen LogP contribution in [0.5, 0.6) is 0 Å². The highest BCUT2D eigenvalue weighted by Crippen LogP contribution is 2.27. The second kappa shape index (κ2) is 8.34. The van der Waals surface area contributed by atoms with E-state index in [2.05, 4.69) is 9.88 Å². The molecule has 5 heterocycles. The van der Waals surface area contributed by atoms with Crippen molar-refractivity contribution in [2.75, 3.05) is 44.2 Å². The molecular formula is C23H27N5O2S. The predicted octanol–water partition coefficient (Wildman–Crippen LogP) is 2.84. The fourth-order valence-electron chi connectivity index (χ4n) is 4.74. The number of likely N-dealkylation sites (tertiary alicyclic amines) is 1. The van der Waals surface area contributed by atoms with Crippen LogP contribution in [0.4, 0.5) is 5.82 Å². The van der Waals surface area contributed by atoms with Crippen molar-refractivity contribution in [2.45, 2.75) is 12.8 Å². The summed E-state index contributed by atoms with van der Waals surface area (Å²) in [5, 5.41) is 2.04. The summed E-state index contributed by atoms with van der Waals surface area (Å²) in [5.74, 6) is 1.07. The molecule has 2 amide bonds. The van der Waals surface area contributed by atoms with Gasteiger partial charge in [0, 0.05) is 52.5 Å². The Bertz CT molecular complexity index is 1080. The van der Waals surface area contributed by atoms with Crippen molar-refractivity contribution in [2.24, 2.45) is 13.0 Å². The fraction of sp³-hybridized carbons (Fsp3) is 0.435. The summed E-state index contributed by atoms with van der Waals surface area (Å²) in [7, 11) is 1.94. The normalized spacial score (nSPS) is 19.8. The zero-order chi connectivity index (χ0) is 21.4. The Hall–Kier alpha value is -2.87. The number of carbonyl (C=O) groups is 2. The number of amides is 2. The lowest BCUT2D eigenvalue weighted by molar-refractivity contribution is -0.137. The standard InChI is InChI=1S/C23H27N5O2S/c1-25-18-7-14-31-20(18)15-19(25)23(30)28-9-4-5-17(16-28)22(29)27-12-10-26(11-13-27)21-6-2-3-8-24-21/h2-3,6-8,14-15,17H,4-5,9-13,16H2,1H3/t17-/m0/s1. The number of aromatic nitrogens is 2. The molecule has 2 saturated heterocycles. The average Bonchev–Trinajstić information content (AvgIpc) is 3.42. The minimum absolute atomic E-state index is 0.0309. The molecule has 2 aliphatic rings. The molecule has 2 fully saturated rings. The summed E-state index contributed by atoms with van der Waals surface area (Å²) in [5.41, 5.74) is 1.79. The largest absolute Gasteiger partial charge is 0.353 e. The minimum atomic E-state index is -0.111. The van der Waals surface area contributed by atoms with E-state index >= 15 is 0 Å². The Kier molecular flexibility index (Phi) is 5.40. The van der Waals surface area contributed by atoms with Crippen LogP contribution in [0, 0.1) is 5.92 Å². The van der Waals surface area contributed by atoms with Crippen LogP contribution in [-0.4, -0.2) is 70.4 Å². The van der Waals surface area contributed by atoms with Crippen molar-refractivity contribution in [1.29, 1.82) is 0 Å². The Morgan fingerprint density at radius 1 is 1.06 bits per heavy atom. The van der Waals surface area contributed by atoms with Gasteiger partial charge in [0.2, 0.25) is 5.91 Å².